The van der Waals surface area contributed by atoms with E-state index in [1.807, 2.05) is 96.2 Å². The number of benzene rings is 4. The second kappa shape index (κ2) is 40.8. The average molecular weight is 1170 g/mol. The highest BCUT2D eigenvalue weighted by atomic mass is 35.5. The number of rotatable bonds is 10. The van der Waals surface area contributed by atoms with Crippen LogP contribution in [0.1, 0.15) is 123 Å². The molecule has 1 unspecified atom stereocenters. The van der Waals surface area contributed by atoms with Crippen LogP contribution in [-0.4, -0.2) is 86.4 Å². The molecule has 20 heteroatoms. The number of aromatic nitrogens is 2. The number of carbonyl (C=O) groups is 2. The summed E-state index contributed by atoms with van der Waals surface area (Å²) < 4.78 is 11.3. The van der Waals surface area contributed by atoms with Crippen molar-refractivity contribution in [1.82, 2.24) is 9.97 Å². The molecule has 0 radical (unpaired) electrons. The minimum Gasteiger partial charge on any atom is -0.508 e. The van der Waals surface area contributed by atoms with Crippen molar-refractivity contribution in [2.75, 3.05) is 0 Å². The molecule has 0 saturated heterocycles. The number of carbonyl (C=O) groups excluding carboxylic acids is 2. The Balaban J connectivity index is 0. The number of ketones is 2. The van der Waals surface area contributed by atoms with E-state index < -0.39 is 0 Å². The summed E-state index contributed by atoms with van der Waals surface area (Å²) in [5, 5.41) is 75.4. The number of pyridine rings is 2. The van der Waals surface area contributed by atoms with Crippen LogP contribution in [0.15, 0.2) is 180 Å². The third-order valence-electron chi connectivity index (χ3n) is 11.5. The number of fused-ring (bicyclic) bond motifs is 2. The van der Waals surface area contributed by atoms with Crippen molar-refractivity contribution in [2.24, 2.45) is 22.1 Å². The van der Waals surface area contributed by atoms with Gasteiger partial charge >= 0.3 is 0 Å². The first kappa shape index (κ1) is 75.7. The Morgan fingerprint density at radius 3 is 1.21 bits per heavy atom. The molecule has 18 nitrogen and oxygen atoms in total. The van der Waals surface area contributed by atoms with E-state index in [9.17, 15) is 30.0 Å². The van der Waals surface area contributed by atoms with Gasteiger partial charge in [0.15, 0.2) is 11.6 Å². The fourth-order valence-electron chi connectivity index (χ4n) is 6.98. The minimum atomic E-state index is -0.140. The summed E-state index contributed by atoms with van der Waals surface area (Å²) in [5.74, 6) is 8.76. The van der Waals surface area contributed by atoms with Gasteiger partial charge in [0, 0.05) is 60.9 Å². The van der Waals surface area contributed by atoms with Crippen LogP contribution in [0.25, 0.3) is 0 Å². The molecule has 4 aromatic carbocycles. The van der Waals surface area contributed by atoms with Crippen molar-refractivity contribution in [1.29, 1.82) is 0 Å². The summed E-state index contributed by atoms with van der Waals surface area (Å²) in [7, 11) is 0. The van der Waals surface area contributed by atoms with Crippen molar-refractivity contribution < 1.29 is 60.3 Å². The van der Waals surface area contributed by atoms with Gasteiger partial charge in [-0.2, -0.15) is 0 Å². The molecule has 2 aliphatic rings. The lowest BCUT2D eigenvalue weighted by molar-refractivity contribution is 0.100. The number of oxime groups is 2. The van der Waals surface area contributed by atoms with E-state index in [4.69, 9.17) is 30.3 Å². The molecule has 4 heterocycles. The van der Waals surface area contributed by atoms with Crippen LogP contribution < -0.4 is 21.3 Å². The molecule has 2 atom stereocenters. The summed E-state index contributed by atoms with van der Waals surface area (Å²) in [4.78, 5) is 30.0. The number of ether oxygens (including phenoxy) is 2. The smallest absolute Gasteiger partial charge is 0.163 e. The molecule has 6 aromatic rings. The predicted molar refractivity (Wildman–Crippen MR) is 327 cm³/mol. The Kier molecular flexibility index (Phi) is 37.6. The quantitative estimate of drug-likeness (QED) is 0.0200. The molecule has 2 aliphatic heterocycles. The number of Topliss-reactive ketones (excluding diaryl/α,β-unsaturated/α-hetero) is 2. The SMILES string of the molecule is C=C(C)C1Cc2cc(/C(C)=N/O)c(O)cc2O1.C=C(C)[C@@H]1Cc2cc(C(C)=O)c(O)cc2O1.CC(=O)c1ccc(O)c(CC=C(C)C)c1.CC(C)=CCc1cc(/C(C)=N/O)ccc1O.Cl.Cl.NO.NO.c1ccncc1.c1ccncc1. The van der Waals surface area contributed by atoms with Crippen molar-refractivity contribution in [3.05, 3.63) is 214 Å². The summed E-state index contributed by atoms with van der Waals surface area (Å²) in [6, 6.07) is 28.2. The zero-order valence-corrected chi connectivity index (χ0v) is 49.7. The number of phenols is 4. The maximum absolute atomic E-state index is 11.3. The molecule has 0 bridgehead atoms. The molecule has 0 spiro atoms. The highest BCUT2D eigenvalue weighted by Crippen LogP contribution is 2.38. The van der Waals surface area contributed by atoms with Gasteiger partial charge in [-0.05, 0) is 194 Å². The summed E-state index contributed by atoms with van der Waals surface area (Å²) in [5.41, 5.74) is 11.1. The topological polar surface area (TPSA) is 317 Å². The van der Waals surface area contributed by atoms with Crippen LogP contribution in [0.3, 0.4) is 0 Å². The first-order valence-electron chi connectivity index (χ1n) is 24.9. The molecule has 0 saturated carbocycles. The number of halogens is 2. The summed E-state index contributed by atoms with van der Waals surface area (Å²) in [6.45, 7) is 25.9. The van der Waals surface area contributed by atoms with Gasteiger partial charge in [-0.15, -0.1) is 24.8 Å². The van der Waals surface area contributed by atoms with Crippen LogP contribution in [0, 0.1) is 0 Å². The van der Waals surface area contributed by atoms with Crippen molar-refractivity contribution in [3.8, 4) is 34.5 Å². The van der Waals surface area contributed by atoms with Crippen LogP contribution in [0.2, 0.25) is 0 Å². The molecule has 0 fully saturated rings. The number of aromatic hydroxyl groups is 4. The molecular formula is C62H80Cl2N6O12. The molecule has 82 heavy (non-hydrogen) atoms. The highest BCUT2D eigenvalue weighted by molar-refractivity contribution is 6.01. The second-order valence-electron chi connectivity index (χ2n) is 18.5. The van der Waals surface area contributed by atoms with E-state index in [0.717, 1.165) is 45.4 Å². The van der Waals surface area contributed by atoms with Gasteiger partial charge in [-0.25, -0.2) is 11.8 Å². The van der Waals surface area contributed by atoms with Crippen LogP contribution in [-0.2, 0) is 25.7 Å². The van der Waals surface area contributed by atoms with E-state index in [2.05, 4.69) is 45.2 Å². The average Bonchev–Trinajstić information content (AvgIpc) is 4.10. The molecule has 8 rings (SSSR count). The van der Waals surface area contributed by atoms with Crippen LogP contribution in [0.5, 0.6) is 34.5 Å². The Morgan fingerprint density at radius 1 is 0.524 bits per heavy atom. The Bertz CT molecular complexity index is 2970. The molecule has 0 aliphatic carbocycles. The summed E-state index contributed by atoms with van der Waals surface area (Å²) >= 11 is 0. The van der Waals surface area contributed by atoms with Crippen molar-refractivity contribution in [2.45, 2.75) is 107 Å². The summed E-state index contributed by atoms with van der Waals surface area (Å²) in [6.07, 6.45) is 13.8. The van der Waals surface area contributed by atoms with Crippen LogP contribution in [0.4, 0.5) is 0 Å². The standard InChI is InChI=1S/C13H15NO3.C13H17NO2.C13H14O3.C13H16O2.2C5H5N.2ClH.2H3NO/c1-7(2)12-5-9-4-10(8(3)14-16)11(15)6-13(9)17-12;1-9(2)4-5-12-8-11(10(3)14-16)6-7-13(12)15;1-7(2)12-5-9-4-10(8(3)14)11(15)6-13(9)16-12;1-9(2)4-5-12-8-11(10(3)14)6-7-13(12)15;2*1-2-4-6-5-3-1;;;2*1-2/h4,6,12,15-16H,1,5H2,2-3H3;4,6-8,15-16H,5H2,1-3H3;4,6,12,15H,1,5H2,2-3H3;4,6-8,15H,5H2,1-3H3;2*1-5H;2*1H;2*2H,1H2/b14-8+;14-10+;;;;;;;;/t;;12-;;;;;;;/m..0......./s1. The largest absolute Gasteiger partial charge is 0.508 e. The van der Waals surface area contributed by atoms with E-state index in [0.29, 0.717) is 58.9 Å². The van der Waals surface area contributed by atoms with Gasteiger partial charge in [0.05, 0.1) is 17.0 Å². The van der Waals surface area contributed by atoms with Gasteiger partial charge in [-0.1, -0.05) is 58.9 Å². The molecule has 12 N–H and O–H groups in total. The third-order valence-corrected chi connectivity index (χ3v) is 11.5. The first-order chi connectivity index (χ1) is 38.1. The van der Waals surface area contributed by atoms with E-state index in [1.165, 1.54) is 31.1 Å². The minimum absolute atomic E-state index is 0. The van der Waals surface area contributed by atoms with Crippen molar-refractivity contribution in [3.63, 3.8) is 0 Å². The molecular weight excluding hydrogens is 1090 g/mol. The monoisotopic (exact) mass is 1170 g/mol. The lowest BCUT2D eigenvalue weighted by atomic mass is 10.0. The zero-order valence-electron chi connectivity index (χ0n) is 48.1. The normalized spacial score (nSPS) is 12.7. The Morgan fingerprint density at radius 2 is 0.890 bits per heavy atom. The number of phenolic OH excluding ortho intramolecular Hbond substituents is 4. The molecule has 2 aromatic heterocycles. The number of nitrogens with two attached hydrogens (primary N) is 2. The first-order valence-corrected chi connectivity index (χ1v) is 24.9. The van der Waals surface area contributed by atoms with E-state index >= 15 is 0 Å². The number of hydrogen-bond acceptors (Lipinski definition) is 18. The Labute approximate surface area is 493 Å². The lowest BCUT2D eigenvalue weighted by Crippen LogP contribution is -2.13. The van der Waals surface area contributed by atoms with Gasteiger partial charge in [0.2, 0.25) is 0 Å². The number of allylic oxidation sites excluding steroid dienone is 4. The molecule has 444 valence electrons. The van der Waals surface area contributed by atoms with Gasteiger partial charge in [0.1, 0.15) is 46.7 Å². The fourth-order valence-corrected chi connectivity index (χ4v) is 6.98. The predicted octanol–water partition coefficient (Wildman–Crippen LogP) is 12.8. The highest BCUT2D eigenvalue weighted by Gasteiger charge is 2.27. The second-order valence-corrected chi connectivity index (χ2v) is 18.5. The van der Waals surface area contributed by atoms with Gasteiger partial charge in [0.25, 0.3) is 0 Å². The third kappa shape index (κ3) is 26.7. The van der Waals surface area contributed by atoms with Crippen LogP contribution >= 0.6 is 24.8 Å². The number of nitrogens with zero attached hydrogens (tertiary/aromatic N) is 4. The van der Waals surface area contributed by atoms with Crippen molar-refractivity contribution >= 4 is 47.8 Å². The van der Waals surface area contributed by atoms with Gasteiger partial charge < -0.3 is 50.7 Å². The zero-order chi connectivity index (χ0) is 60.5. The fraction of sp³-hybridized carbons (Fsp3) is 0.258. The Hall–Kier alpha value is -8.36. The van der Waals surface area contributed by atoms with E-state index in [1.54, 1.807) is 87.2 Å². The van der Waals surface area contributed by atoms with E-state index in [-0.39, 0.29) is 71.6 Å². The maximum Gasteiger partial charge on any atom is 0.163 e. The lowest BCUT2D eigenvalue weighted by Gasteiger charge is -2.09. The number of hydrogen-bond donors (Lipinski definition) is 10. The van der Waals surface area contributed by atoms with Gasteiger partial charge in [-0.3, -0.25) is 19.6 Å². The molecule has 0 amide bonds. The maximum atomic E-state index is 11.3.